The molecule has 0 N–H and O–H groups in total. The molecule has 0 unspecified atom stereocenters. The van der Waals surface area contributed by atoms with Gasteiger partial charge in [0.15, 0.2) is 0 Å². The fourth-order valence-corrected chi connectivity index (χ4v) is 4.04. The fraction of sp³-hybridized carbons (Fsp3) is 0.600. The Labute approximate surface area is 164 Å². The van der Waals surface area contributed by atoms with Gasteiger partial charge in [0.05, 0.1) is 25.1 Å². The second-order valence-electron chi connectivity index (χ2n) is 7.62. The van der Waals surface area contributed by atoms with Crippen LogP contribution in [0.25, 0.3) is 10.9 Å². The van der Waals surface area contributed by atoms with Gasteiger partial charge in [0, 0.05) is 39.1 Å². The lowest BCUT2D eigenvalue weighted by molar-refractivity contribution is -0.133. The van der Waals surface area contributed by atoms with Crippen LogP contribution in [0.4, 0.5) is 0 Å². The van der Waals surface area contributed by atoms with Crippen molar-refractivity contribution in [3.05, 3.63) is 34.6 Å². The first kappa shape index (κ1) is 19.0. The van der Waals surface area contributed by atoms with Crippen LogP contribution in [0.1, 0.15) is 19.3 Å². The molecule has 0 radical (unpaired) electrons. The molecule has 1 amide bonds. The van der Waals surface area contributed by atoms with Crippen molar-refractivity contribution in [2.45, 2.75) is 25.8 Å². The fourth-order valence-electron chi connectivity index (χ4n) is 4.04. The summed E-state index contributed by atoms with van der Waals surface area (Å²) in [6.07, 6.45) is 2.36. The summed E-state index contributed by atoms with van der Waals surface area (Å²) >= 11 is 0. The van der Waals surface area contributed by atoms with E-state index in [9.17, 15) is 9.59 Å². The first-order valence-corrected chi connectivity index (χ1v) is 10.1. The SMILES string of the molecule is O=C(CCn1nnc2ccccc2c1=O)N1CCC(CN2CCOCC2)CC1. The third kappa shape index (κ3) is 4.39. The summed E-state index contributed by atoms with van der Waals surface area (Å²) in [5.41, 5.74) is 0.389. The van der Waals surface area contributed by atoms with E-state index in [2.05, 4.69) is 15.2 Å². The maximum absolute atomic E-state index is 12.6. The van der Waals surface area contributed by atoms with Crippen LogP contribution >= 0.6 is 0 Å². The van der Waals surface area contributed by atoms with E-state index in [1.54, 1.807) is 12.1 Å². The molecule has 150 valence electrons. The maximum Gasteiger partial charge on any atom is 0.277 e. The summed E-state index contributed by atoms with van der Waals surface area (Å²) < 4.78 is 6.70. The molecule has 3 heterocycles. The lowest BCUT2D eigenvalue weighted by Crippen LogP contribution is -2.44. The Hall–Kier alpha value is -2.32. The smallest absolute Gasteiger partial charge is 0.277 e. The van der Waals surface area contributed by atoms with Gasteiger partial charge in [-0.25, -0.2) is 4.68 Å². The van der Waals surface area contributed by atoms with Crippen LogP contribution in [-0.2, 0) is 16.1 Å². The van der Waals surface area contributed by atoms with E-state index in [0.717, 1.165) is 58.8 Å². The number of likely N-dealkylation sites (tertiary alicyclic amines) is 1. The van der Waals surface area contributed by atoms with Crippen molar-refractivity contribution >= 4 is 16.8 Å². The Balaban J connectivity index is 1.27. The number of hydrogen-bond donors (Lipinski definition) is 0. The first-order chi connectivity index (χ1) is 13.7. The quantitative estimate of drug-likeness (QED) is 0.756. The van der Waals surface area contributed by atoms with Crippen LogP contribution in [0, 0.1) is 5.92 Å². The zero-order valence-corrected chi connectivity index (χ0v) is 16.1. The van der Waals surface area contributed by atoms with Crippen molar-refractivity contribution in [1.29, 1.82) is 0 Å². The Kier molecular flexibility index (Phi) is 5.97. The molecule has 0 atom stereocenters. The van der Waals surface area contributed by atoms with E-state index in [-0.39, 0.29) is 24.4 Å². The van der Waals surface area contributed by atoms with Gasteiger partial charge in [-0.05, 0) is 30.9 Å². The first-order valence-electron chi connectivity index (χ1n) is 10.1. The molecule has 2 saturated heterocycles. The summed E-state index contributed by atoms with van der Waals surface area (Å²) in [6, 6.07) is 7.14. The molecule has 2 aromatic rings. The van der Waals surface area contributed by atoms with Crippen LogP contribution in [-0.4, -0.2) is 76.6 Å². The molecule has 2 aliphatic rings. The van der Waals surface area contributed by atoms with E-state index in [1.165, 1.54) is 4.68 Å². The summed E-state index contributed by atoms with van der Waals surface area (Å²) in [6.45, 7) is 6.65. The number of hydrogen-bond acceptors (Lipinski definition) is 6. The number of ether oxygens (including phenoxy) is 1. The van der Waals surface area contributed by atoms with Crippen molar-refractivity contribution in [3.8, 4) is 0 Å². The van der Waals surface area contributed by atoms with Gasteiger partial charge in [0.25, 0.3) is 5.56 Å². The topological polar surface area (TPSA) is 80.6 Å². The minimum absolute atomic E-state index is 0.0895. The Morgan fingerprint density at radius 3 is 2.64 bits per heavy atom. The highest BCUT2D eigenvalue weighted by Gasteiger charge is 2.25. The number of fused-ring (bicyclic) bond motifs is 1. The normalized spacial score (nSPS) is 19.2. The zero-order chi connectivity index (χ0) is 19.3. The standard InChI is InChI=1S/C20H27N5O3/c26-19(7-10-25-20(27)17-3-1-2-4-18(17)21-22-25)24-8-5-16(6-9-24)15-23-11-13-28-14-12-23/h1-4,16H,5-15H2. The summed E-state index contributed by atoms with van der Waals surface area (Å²) in [4.78, 5) is 29.4. The second-order valence-corrected chi connectivity index (χ2v) is 7.62. The van der Waals surface area contributed by atoms with Crippen molar-refractivity contribution < 1.29 is 9.53 Å². The predicted molar refractivity (Wildman–Crippen MR) is 105 cm³/mol. The molecule has 28 heavy (non-hydrogen) atoms. The lowest BCUT2D eigenvalue weighted by Gasteiger charge is -2.36. The minimum atomic E-state index is -0.192. The number of nitrogens with zero attached hydrogens (tertiary/aromatic N) is 5. The number of benzene rings is 1. The molecule has 2 fully saturated rings. The number of carbonyl (C=O) groups excluding carboxylic acids is 1. The van der Waals surface area contributed by atoms with Crippen molar-refractivity contribution in [3.63, 3.8) is 0 Å². The largest absolute Gasteiger partial charge is 0.379 e. The number of aromatic nitrogens is 3. The summed E-state index contributed by atoms with van der Waals surface area (Å²) in [5.74, 6) is 0.739. The van der Waals surface area contributed by atoms with Crippen LogP contribution in [0.5, 0.6) is 0 Å². The van der Waals surface area contributed by atoms with Crippen LogP contribution in [0.15, 0.2) is 29.1 Å². The highest BCUT2D eigenvalue weighted by molar-refractivity contribution is 5.77. The van der Waals surface area contributed by atoms with Gasteiger partial charge in [-0.3, -0.25) is 14.5 Å². The molecule has 2 aliphatic heterocycles. The highest BCUT2D eigenvalue weighted by Crippen LogP contribution is 2.19. The Morgan fingerprint density at radius 2 is 1.86 bits per heavy atom. The van der Waals surface area contributed by atoms with E-state index < -0.39 is 0 Å². The zero-order valence-electron chi connectivity index (χ0n) is 16.1. The number of piperidine rings is 1. The van der Waals surface area contributed by atoms with E-state index in [4.69, 9.17) is 4.74 Å². The number of rotatable bonds is 5. The molecular weight excluding hydrogens is 358 g/mol. The highest BCUT2D eigenvalue weighted by atomic mass is 16.5. The summed E-state index contributed by atoms with van der Waals surface area (Å²) in [5, 5.41) is 8.58. The average molecular weight is 385 g/mol. The van der Waals surface area contributed by atoms with Crippen molar-refractivity contribution in [2.24, 2.45) is 5.92 Å². The molecular formula is C20H27N5O3. The van der Waals surface area contributed by atoms with Crippen LogP contribution < -0.4 is 5.56 Å². The molecule has 0 bridgehead atoms. The Bertz CT molecular complexity index is 870. The molecule has 8 nitrogen and oxygen atoms in total. The van der Waals surface area contributed by atoms with Gasteiger partial charge in [-0.1, -0.05) is 17.3 Å². The second kappa shape index (κ2) is 8.79. The van der Waals surface area contributed by atoms with Crippen LogP contribution in [0.2, 0.25) is 0 Å². The minimum Gasteiger partial charge on any atom is -0.379 e. The van der Waals surface area contributed by atoms with E-state index in [0.29, 0.717) is 16.8 Å². The number of amides is 1. The number of morpholine rings is 1. The van der Waals surface area contributed by atoms with Gasteiger partial charge < -0.3 is 9.64 Å². The molecule has 1 aromatic heterocycles. The third-order valence-corrected chi connectivity index (χ3v) is 5.75. The third-order valence-electron chi connectivity index (χ3n) is 5.75. The Morgan fingerprint density at radius 1 is 1.11 bits per heavy atom. The van der Waals surface area contributed by atoms with Crippen molar-refractivity contribution in [1.82, 2.24) is 24.8 Å². The molecule has 0 saturated carbocycles. The molecule has 0 aliphatic carbocycles. The number of carbonyl (C=O) groups is 1. The van der Waals surface area contributed by atoms with E-state index in [1.807, 2.05) is 17.0 Å². The van der Waals surface area contributed by atoms with E-state index >= 15 is 0 Å². The molecule has 0 spiro atoms. The van der Waals surface area contributed by atoms with Gasteiger partial charge in [-0.2, -0.15) is 0 Å². The molecule has 1 aromatic carbocycles. The van der Waals surface area contributed by atoms with Crippen molar-refractivity contribution in [2.75, 3.05) is 45.9 Å². The van der Waals surface area contributed by atoms with Crippen LogP contribution in [0.3, 0.4) is 0 Å². The summed E-state index contributed by atoms with van der Waals surface area (Å²) in [7, 11) is 0. The number of aryl methyl sites for hydroxylation is 1. The van der Waals surface area contributed by atoms with Gasteiger partial charge in [0.2, 0.25) is 5.91 Å². The molecule has 8 heteroatoms. The monoisotopic (exact) mass is 385 g/mol. The average Bonchev–Trinajstić information content (AvgIpc) is 2.74. The maximum atomic E-state index is 12.6. The van der Waals surface area contributed by atoms with Gasteiger partial charge >= 0.3 is 0 Å². The van der Waals surface area contributed by atoms with Gasteiger partial charge in [-0.15, -0.1) is 5.10 Å². The predicted octanol–water partition coefficient (Wildman–Crippen LogP) is 0.752. The lowest BCUT2D eigenvalue weighted by atomic mass is 9.96. The molecule has 4 rings (SSSR count). The van der Waals surface area contributed by atoms with Gasteiger partial charge in [0.1, 0.15) is 5.52 Å².